The molecule has 0 nitrogen and oxygen atoms in total. The number of rotatable bonds is 0. The number of fused-ring (bicyclic) bond motifs is 1. The van der Waals surface area contributed by atoms with Crippen molar-refractivity contribution >= 4 is 10.8 Å². The molecule has 13 heavy (non-hydrogen) atoms. The molecular weight excluding hydrogens is 156 g/mol. The van der Waals surface area contributed by atoms with Crippen LogP contribution in [0.5, 0.6) is 0 Å². The Morgan fingerprint density at radius 1 is 1.15 bits per heavy atom. The normalized spacial score (nSPS) is 9.85. The smallest absolute Gasteiger partial charge is 0.0248 e. The molecule has 0 unspecified atom stereocenters. The molecule has 0 heteroatoms. The van der Waals surface area contributed by atoms with E-state index in [-0.39, 0.29) is 0 Å². The second-order valence-corrected chi connectivity index (χ2v) is 3.16. The van der Waals surface area contributed by atoms with Gasteiger partial charge in [-0.3, -0.25) is 0 Å². The van der Waals surface area contributed by atoms with Gasteiger partial charge in [0.05, 0.1) is 0 Å². The minimum Gasteiger partial charge on any atom is -0.115 e. The highest BCUT2D eigenvalue weighted by Gasteiger charge is 1.96. The van der Waals surface area contributed by atoms with E-state index in [1.807, 2.05) is 12.1 Å². The van der Waals surface area contributed by atoms with E-state index in [4.69, 9.17) is 6.42 Å². The van der Waals surface area contributed by atoms with Crippen molar-refractivity contribution in [3.63, 3.8) is 0 Å². The zero-order chi connectivity index (χ0) is 9.26. The van der Waals surface area contributed by atoms with Gasteiger partial charge in [0.1, 0.15) is 0 Å². The van der Waals surface area contributed by atoms with Gasteiger partial charge in [-0.1, -0.05) is 30.2 Å². The Morgan fingerprint density at radius 2 is 2.00 bits per heavy atom. The molecule has 0 atom stereocenters. The maximum absolute atomic E-state index is 5.33. The molecule has 0 bridgehead atoms. The zero-order valence-electron chi connectivity index (χ0n) is 7.54. The highest BCUT2D eigenvalue weighted by atomic mass is 14.0. The molecule has 0 radical (unpaired) electrons. The lowest BCUT2D eigenvalue weighted by Crippen LogP contribution is -1.79. The van der Waals surface area contributed by atoms with Crippen LogP contribution in [0.15, 0.2) is 36.4 Å². The Hall–Kier alpha value is -1.74. The molecule has 2 aromatic carbocycles. The first-order valence-corrected chi connectivity index (χ1v) is 4.27. The number of aryl methyl sites for hydroxylation is 1. The topological polar surface area (TPSA) is 0 Å². The summed E-state index contributed by atoms with van der Waals surface area (Å²) in [6, 6.07) is 12.4. The largest absolute Gasteiger partial charge is 0.115 e. The summed E-state index contributed by atoms with van der Waals surface area (Å²) in [5, 5.41) is 2.50. The molecule has 0 saturated carbocycles. The van der Waals surface area contributed by atoms with Gasteiger partial charge in [0, 0.05) is 5.56 Å². The quantitative estimate of drug-likeness (QED) is 0.527. The van der Waals surface area contributed by atoms with E-state index in [2.05, 4.69) is 37.1 Å². The summed E-state index contributed by atoms with van der Waals surface area (Å²) in [5.41, 5.74) is 2.24. The number of hydrogen-bond donors (Lipinski definition) is 0. The fourth-order valence-corrected chi connectivity index (χ4v) is 1.54. The molecule has 0 aromatic heterocycles. The first-order chi connectivity index (χ1) is 6.31. The van der Waals surface area contributed by atoms with Crippen LogP contribution in [0.25, 0.3) is 10.8 Å². The van der Waals surface area contributed by atoms with Gasteiger partial charge in [-0.05, 0) is 35.4 Å². The average molecular weight is 166 g/mol. The Morgan fingerprint density at radius 3 is 2.77 bits per heavy atom. The second-order valence-electron chi connectivity index (χ2n) is 3.16. The summed E-state index contributed by atoms with van der Waals surface area (Å²) in [6.45, 7) is 2.11. The summed E-state index contributed by atoms with van der Waals surface area (Å²) >= 11 is 0. The fraction of sp³-hybridized carbons (Fsp3) is 0.0769. The maximum atomic E-state index is 5.33. The monoisotopic (exact) mass is 166 g/mol. The molecule has 0 heterocycles. The van der Waals surface area contributed by atoms with Gasteiger partial charge in [-0.25, -0.2) is 0 Å². The predicted octanol–water partition coefficient (Wildman–Crippen LogP) is 3.13. The predicted molar refractivity (Wildman–Crippen MR) is 56.6 cm³/mol. The second kappa shape index (κ2) is 2.95. The molecule has 0 aliphatic rings. The van der Waals surface area contributed by atoms with Crippen LogP contribution < -0.4 is 0 Å². The van der Waals surface area contributed by atoms with E-state index in [1.165, 1.54) is 16.3 Å². The zero-order valence-corrected chi connectivity index (χ0v) is 7.54. The SMILES string of the molecule is C#Cc1ccc2c(C)cccc2c1. The van der Waals surface area contributed by atoms with Gasteiger partial charge >= 0.3 is 0 Å². The third-order valence-electron chi connectivity index (χ3n) is 2.27. The van der Waals surface area contributed by atoms with Crippen LogP contribution >= 0.6 is 0 Å². The van der Waals surface area contributed by atoms with Crippen LogP contribution in [0.3, 0.4) is 0 Å². The summed E-state index contributed by atoms with van der Waals surface area (Å²) in [6.07, 6.45) is 5.33. The fourth-order valence-electron chi connectivity index (χ4n) is 1.54. The van der Waals surface area contributed by atoms with E-state index in [0.717, 1.165) is 5.56 Å². The molecule has 0 aliphatic heterocycles. The highest BCUT2D eigenvalue weighted by molar-refractivity contribution is 5.86. The van der Waals surface area contributed by atoms with Crippen molar-refractivity contribution in [2.24, 2.45) is 0 Å². The summed E-state index contributed by atoms with van der Waals surface area (Å²) in [7, 11) is 0. The molecule has 0 amide bonds. The van der Waals surface area contributed by atoms with Crippen LogP contribution in [0.1, 0.15) is 11.1 Å². The molecule has 0 spiro atoms. The van der Waals surface area contributed by atoms with Gasteiger partial charge in [-0.15, -0.1) is 6.42 Å². The van der Waals surface area contributed by atoms with E-state index in [9.17, 15) is 0 Å². The van der Waals surface area contributed by atoms with Gasteiger partial charge in [0.25, 0.3) is 0 Å². The number of benzene rings is 2. The van der Waals surface area contributed by atoms with Crippen molar-refractivity contribution < 1.29 is 0 Å². The Bertz CT molecular complexity index is 487. The third-order valence-corrected chi connectivity index (χ3v) is 2.27. The summed E-state index contributed by atoms with van der Waals surface area (Å²) < 4.78 is 0. The maximum Gasteiger partial charge on any atom is 0.0248 e. The molecule has 2 rings (SSSR count). The van der Waals surface area contributed by atoms with Crippen LogP contribution in [-0.2, 0) is 0 Å². The van der Waals surface area contributed by atoms with Crippen LogP contribution in [0, 0.1) is 19.3 Å². The Balaban J connectivity index is 2.82. The van der Waals surface area contributed by atoms with Gasteiger partial charge in [0.2, 0.25) is 0 Å². The molecule has 2 aromatic rings. The molecule has 62 valence electrons. The van der Waals surface area contributed by atoms with E-state index in [1.54, 1.807) is 0 Å². The minimum atomic E-state index is 0.943. The summed E-state index contributed by atoms with van der Waals surface area (Å²) in [5.74, 6) is 2.64. The highest BCUT2D eigenvalue weighted by Crippen LogP contribution is 2.18. The lowest BCUT2D eigenvalue weighted by atomic mass is 10.0. The molecule has 0 N–H and O–H groups in total. The lowest BCUT2D eigenvalue weighted by Gasteiger charge is -2.01. The first kappa shape index (κ1) is 7.89. The van der Waals surface area contributed by atoms with E-state index in [0.29, 0.717) is 0 Å². The van der Waals surface area contributed by atoms with Gasteiger partial charge in [-0.2, -0.15) is 0 Å². The number of hydrogen-bond acceptors (Lipinski definition) is 0. The molecule has 0 aliphatic carbocycles. The van der Waals surface area contributed by atoms with Crippen molar-refractivity contribution in [2.45, 2.75) is 6.92 Å². The average Bonchev–Trinajstić information content (AvgIpc) is 2.18. The van der Waals surface area contributed by atoms with E-state index < -0.39 is 0 Å². The van der Waals surface area contributed by atoms with Gasteiger partial charge < -0.3 is 0 Å². The van der Waals surface area contributed by atoms with Crippen molar-refractivity contribution in [3.05, 3.63) is 47.5 Å². The van der Waals surface area contributed by atoms with Crippen molar-refractivity contribution in [3.8, 4) is 12.3 Å². The van der Waals surface area contributed by atoms with Crippen molar-refractivity contribution in [1.82, 2.24) is 0 Å². The standard InChI is InChI=1S/C13H10/c1-3-11-7-8-13-10(2)5-4-6-12(13)9-11/h1,4-9H,2H3. The van der Waals surface area contributed by atoms with Crippen LogP contribution in [0.4, 0.5) is 0 Å². The number of terminal acetylenes is 1. The van der Waals surface area contributed by atoms with Gasteiger partial charge in [0.15, 0.2) is 0 Å². The first-order valence-electron chi connectivity index (χ1n) is 4.27. The van der Waals surface area contributed by atoms with Crippen LogP contribution in [0.2, 0.25) is 0 Å². The Labute approximate surface area is 78.2 Å². The Kier molecular flexibility index (Phi) is 1.79. The molecular formula is C13H10. The minimum absolute atomic E-state index is 0.943. The lowest BCUT2D eigenvalue weighted by molar-refractivity contribution is 1.53. The van der Waals surface area contributed by atoms with E-state index >= 15 is 0 Å². The summed E-state index contributed by atoms with van der Waals surface area (Å²) in [4.78, 5) is 0. The van der Waals surface area contributed by atoms with Crippen molar-refractivity contribution in [2.75, 3.05) is 0 Å². The molecule has 0 fully saturated rings. The van der Waals surface area contributed by atoms with Crippen LogP contribution in [-0.4, -0.2) is 0 Å². The molecule has 0 saturated heterocycles. The van der Waals surface area contributed by atoms with Crippen molar-refractivity contribution in [1.29, 1.82) is 0 Å². The third kappa shape index (κ3) is 1.29.